The standard InChI is InChI=1S/C18H26N4O3S/c1-12-15(26-11-19-12)6-7-16(23)21-8-13-4-5-14(9-21)22(18(13)25)10-17(24)20(2)3/h11,13-14H,4-10H2,1-3H3/t13-,14+/m0/s1. The summed E-state index contributed by atoms with van der Waals surface area (Å²) < 4.78 is 0. The highest BCUT2D eigenvalue weighted by molar-refractivity contribution is 7.09. The number of carbonyl (C=O) groups is 3. The number of hydrogen-bond acceptors (Lipinski definition) is 5. The van der Waals surface area contributed by atoms with Crippen molar-refractivity contribution in [2.75, 3.05) is 33.7 Å². The molecule has 8 heteroatoms. The molecule has 0 aromatic carbocycles. The monoisotopic (exact) mass is 378 g/mol. The lowest BCUT2D eigenvalue weighted by atomic mass is 9.94. The maximum Gasteiger partial charge on any atom is 0.241 e. The Bertz CT molecular complexity index is 702. The van der Waals surface area contributed by atoms with Crippen molar-refractivity contribution in [3.8, 4) is 0 Å². The van der Waals surface area contributed by atoms with E-state index >= 15 is 0 Å². The fraction of sp³-hybridized carbons (Fsp3) is 0.667. The Balaban J connectivity index is 1.65. The van der Waals surface area contributed by atoms with Crippen molar-refractivity contribution < 1.29 is 14.4 Å². The third-order valence-electron chi connectivity index (χ3n) is 5.36. The van der Waals surface area contributed by atoms with Crippen LogP contribution in [-0.4, -0.2) is 77.2 Å². The molecule has 7 nitrogen and oxygen atoms in total. The minimum Gasteiger partial charge on any atom is -0.347 e. The number of fused-ring (bicyclic) bond motifs is 4. The van der Waals surface area contributed by atoms with Crippen LogP contribution in [0.3, 0.4) is 0 Å². The van der Waals surface area contributed by atoms with Gasteiger partial charge in [0.25, 0.3) is 0 Å². The lowest BCUT2D eigenvalue weighted by Gasteiger charge is -2.35. The molecular weight excluding hydrogens is 352 g/mol. The van der Waals surface area contributed by atoms with Crippen molar-refractivity contribution in [1.29, 1.82) is 0 Å². The van der Waals surface area contributed by atoms with E-state index in [2.05, 4.69) is 4.98 Å². The number of thiazole rings is 1. The molecule has 0 saturated carbocycles. The molecule has 4 rings (SSSR count). The summed E-state index contributed by atoms with van der Waals surface area (Å²) in [4.78, 5) is 47.9. The molecule has 3 saturated heterocycles. The molecule has 3 aliphatic rings. The van der Waals surface area contributed by atoms with Crippen LogP contribution in [0.15, 0.2) is 5.51 Å². The second kappa shape index (κ2) is 7.73. The second-order valence-corrected chi connectivity index (χ2v) is 8.28. The first kappa shape index (κ1) is 18.8. The molecule has 0 N–H and O–H groups in total. The summed E-state index contributed by atoms with van der Waals surface area (Å²) in [6.07, 6.45) is 2.79. The number of likely N-dealkylation sites (N-methyl/N-ethyl adjacent to an activating group) is 1. The van der Waals surface area contributed by atoms with E-state index in [9.17, 15) is 14.4 Å². The van der Waals surface area contributed by atoms with Crippen LogP contribution in [0, 0.1) is 12.8 Å². The number of aromatic nitrogens is 1. The SMILES string of the molecule is Cc1ncsc1CCC(=O)N1C[C@@H]2CC[C@H](C1)N(CC(=O)N(C)C)C2=O. The first-order valence-electron chi connectivity index (χ1n) is 9.04. The van der Waals surface area contributed by atoms with Crippen LogP contribution in [0.4, 0.5) is 0 Å². The van der Waals surface area contributed by atoms with Crippen molar-refractivity contribution in [3.63, 3.8) is 0 Å². The number of amides is 3. The Labute approximate surface area is 158 Å². The Kier molecular flexibility index (Phi) is 5.60. The van der Waals surface area contributed by atoms with Gasteiger partial charge in [0.2, 0.25) is 17.7 Å². The smallest absolute Gasteiger partial charge is 0.241 e. The summed E-state index contributed by atoms with van der Waals surface area (Å²) >= 11 is 1.58. The van der Waals surface area contributed by atoms with Gasteiger partial charge < -0.3 is 14.7 Å². The van der Waals surface area contributed by atoms with Crippen molar-refractivity contribution in [2.45, 2.75) is 38.6 Å². The van der Waals surface area contributed by atoms with Crippen LogP contribution in [0.1, 0.15) is 29.8 Å². The van der Waals surface area contributed by atoms with E-state index in [-0.39, 0.29) is 36.2 Å². The first-order valence-corrected chi connectivity index (χ1v) is 9.92. The zero-order valence-electron chi connectivity index (χ0n) is 15.6. The minimum atomic E-state index is -0.183. The quantitative estimate of drug-likeness (QED) is 0.764. The van der Waals surface area contributed by atoms with Gasteiger partial charge in [-0.2, -0.15) is 0 Å². The van der Waals surface area contributed by atoms with Crippen LogP contribution in [0.5, 0.6) is 0 Å². The molecule has 0 aliphatic carbocycles. The maximum absolute atomic E-state index is 12.7. The van der Waals surface area contributed by atoms with Gasteiger partial charge in [-0.25, -0.2) is 4.98 Å². The molecule has 3 amide bonds. The lowest BCUT2D eigenvalue weighted by molar-refractivity contribution is -0.145. The molecule has 2 atom stereocenters. The first-order chi connectivity index (χ1) is 12.4. The van der Waals surface area contributed by atoms with E-state index < -0.39 is 0 Å². The Morgan fingerprint density at radius 1 is 1.31 bits per heavy atom. The molecule has 0 unspecified atom stereocenters. The topological polar surface area (TPSA) is 73.8 Å². The summed E-state index contributed by atoms with van der Waals surface area (Å²) in [5.41, 5.74) is 2.79. The molecule has 26 heavy (non-hydrogen) atoms. The van der Waals surface area contributed by atoms with Crippen LogP contribution in [0.2, 0.25) is 0 Å². The Morgan fingerprint density at radius 2 is 2.08 bits per heavy atom. The van der Waals surface area contributed by atoms with Crippen molar-refractivity contribution in [3.05, 3.63) is 16.1 Å². The van der Waals surface area contributed by atoms with Gasteiger partial charge in [-0.15, -0.1) is 11.3 Å². The van der Waals surface area contributed by atoms with Crippen molar-refractivity contribution in [1.82, 2.24) is 19.7 Å². The fourth-order valence-corrected chi connectivity index (χ4v) is 4.47. The van der Waals surface area contributed by atoms with Gasteiger partial charge in [-0.1, -0.05) is 0 Å². The summed E-state index contributed by atoms with van der Waals surface area (Å²) in [6.45, 7) is 3.07. The maximum atomic E-state index is 12.7. The van der Waals surface area contributed by atoms with Gasteiger partial charge in [-0.3, -0.25) is 14.4 Å². The molecule has 1 aromatic heterocycles. The second-order valence-electron chi connectivity index (χ2n) is 7.34. The molecule has 2 bridgehead atoms. The Morgan fingerprint density at radius 3 is 2.73 bits per heavy atom. The van der Waals surface area contributed by atoms with E-state index in [4.69, 9.17) is 0 Å². The van der Waals surface area contributed by atoms with E-state index in [1.165, 1.54) is 4.90 Å². The molecule has 4 heterocycles. The van der Waals surface area contributed by atoms with E-state index in [1.54, 1.807) is 35.8 Å². The zero-order valence-corrected chi connectivity index (χ0v) is 16.4. The van der Waals surface area contributed by atoms with Gasteiger partial charge in [0.1, 0.15) is 6.54 Å². The molecule has 0 spiro atoms. The Hall–Kier alpha value is -1.96. The largest absolute Gasteiger partial charge is 0.347 e. The highest BCUT2D eigenvalue weighted by Gasteiger charge is 2.42. The van der Waals surface area contributed by atoms with Crippen LogP contribution < -0.4 is 0 Å². The van der Waals surface area contributed by atoms with Crippen LogP contribution in [0.25, 0.3) is 0 Å². The predicted octanol–water partition coefficient (Wildman–Crippen LogP) is 0.922. The van der Waals surface area contributed by atoms with Gasteiger partial charge in [0.15, 0.2) is 0 Å². The lowest BCUT2D eigenvalue weighted by Crippen LogP contribution is -2.51. The van der Waals surface area contributed by atoms with Gasteiger partial charge >= 0.3 is 0 Å². The fourth-order valence-electron chi connectivity index (χ4n) is 3.68. The zero-order chi connectivity index (χ0) is 18.8. The van der Waals surface area contributed by atoms with Gasteiger partial charge in [0, 0.05) is 44.5 Å². The molecule has 3 aliphatic heterocycles. The normalized spacial score (nSPS) is 22.5. The number of piperidine rings is 1. The third-order valence-corrected chi connectivity index (χ3v) is 6.36. The van der Waals surface area contributed by atoms with Crippen molar-refractivity contribution in [2.24, 2.45) is 5.92 Å². The molecule has 3 fully saturated rings. The van der Waals surface area contributed by atoms with E-state index in [0.29, 0.717) is 25.9 Å². The average Bonchev–Trinajstić information content (AvgIpc) is 2.82. The third kappa shape index (κ3) is 3.90. The number of hydrogen-bond donors (Lipinski definition) is 0. The minimum absolute atomic E-state index is 0.0186. The number of carbonyl (C=O) groups excluding carboxylic acids is 3. The number of nitrogens with zero attached hydrogens (tertiary/aromatic N) is 4. The van der Waals surface area contributed by atoms with Gasteiger partial charge in [0.05, 0.1) is 17.1 Å². The highest BCUT2D eigenvalue weighted by Crippen LogP contribution is 2.29. The summed E-state index contributed by atoms with van der Waals surface area (Å²) in [6, 6.07) is -0.0563. The highest BCUT2D eigenvalue weighted by atomic mass is 32.1. The van der Waals surface area contributed by atoms with Crippen LogP contribution in [-0.2, 0) is 20.8 Å². The predicted molar refractivity (Wildman–Crippen MR) is 98.7 cm³/mol. The summed E-state index contributed by atoms with van der Waals surface area (Å²) in [5.74, 6) is -0.157. The number of rotatable bonds is 5. The number of aryl methyl sites for hydroxylation is 2. The average molecular weight is 378 g/mol. The van der Waals surface area contributed by atoms with E-state index in [1.807, 2.05) is 11.8 Å². The molecule has 0 radical (unpaired) electrons. The summed E-state index contributed by atoms with van der Waals surface area (Å²) in [5, 5.41) is 0. The summed E-state index contributed by atoms with van der Waals surface area (Å²) in [7, 11) is 3.39. The van der Waals surface area contributed by atoms with Gasteiger partial charge in [-0.05, 0) is 26.2 Å². The van der Waals surface area contributed by atoms with Crippen molar-refractivity contribution >= 4 is 29.1 Å². The molecule has 142 valence electrons. The van der Waals surface area contributed by atoms with E-state index in [0.717, 1.165) is 23.4 Å². The molecular formula is C18H26N4O3S. The van der Waals surface area contributed by atoms with Crippen LogP contribution >= 0.6 is 11.3 Å². The molecule has 1 aromatic rings.